The largest absolute Gasteiger partial charge is 0.0840 e. The summed E-state index contributed by atoms with van der Waals surface area (Å²) in [5.41, 5.74) is 2.43. The van der Waals surface area contributed by atoms with E-state index in [0.717, 1.165) is 10.9 Å². The number of rotatable bonds is 0. The van der Waals surface area contributed by atoms with Gasteiger partial charge in [-0.05, 0) is 37.0 Å². The molecule has 0 amide bonds. The van der Waals surface area contributed by atoms with Gasteiger partial charge in [0.15, 0.2) is 0 Å². The van der Waals surface area contributed by atoms with Gasteiger partial charge < -0.3 is 0 Å². The third-order valence-corrected chi connectivity index (χ3v) is 2.81. The molecule has 1 aliphatic rings. The van der Waals surface area contributed by atoms with E-state index in [1.54, 1.807) is 0 Å². The number of hydrogen-bond acceptors (Lipinski definition) is 0. The number of hydrogen-bond donors (Lipinski definition) is 0. The van der Waals surface area contributed by atoms with Gasteiger partial charge in [0.25, 0.3) is 0 Å². The summed E-state index contributed by atoms with van der Waals surface area (Å²) in [6.45, 7) is 6.36. The van der Waals surface area contributed by atoms with E-state index in [1.807, 2.05) is 19.1 Å². The highest BCUT2D eigenvalue weighted by Gasteiger charge is 2.12. The minimum Gasteiger partial charge on any atom is -0.0840 e. The van der Waals surface area contributed by atoms with Crippen LogP contribution < -0.4 is 0 Å². The van der Waals surface area contributed by atoms with Crippen LogP contribution in [0.25, 0.3) is 0 Å². The van der Waals surface area contributed by atoms with E-state index in [0.29, 0.717) is 0 Å². The van der Waals surface area contributed by atoms with Crippen LogP contribution in [0.4, 0.5) is 0 Å². The molecule has 0 N–H and O–H groups in total. The average Bonchev–Trinajstić information content (AvgIpc) is 2.84. The lowest BCUT2D eigenvalue weighted by molar-refractivity contribution is 0.983. The molecule has 0 aliphatic heterocycles. The fraction of sp³-hybridized carbons (Fsp3) is 0.500. The van der Waals surface area contributed by atoms with Gasteiger partial charge in [-0.2, -0.15) is 0 Å². The Hall–Kier alpha value is -0.490. The molecule has 1 aliphatic carbocycles. The molecule has 0 atom stereocenters. The minimum absolute atomic E-state index is 0.856. The summed E-state index contributed by atoms with van der Waals surface area (Å²) < 4.78 is 0. The standard InChI is InChI=1S/C8H9Cl.C4H8/c1-6-4-3-5-8(9)7(6)2;1-4-2-3-4/h3-5H,1-2H3;4H,2-3H2,1H3. The topological polar surface area (TPSA) is 0 Å². The summed E-state index contributed by atoms with van der Waals surface area (Å²) in [5, 5.41) is 0.856. The molecule has 0 unspecified atom stereocenters. The first-order valence-electron chi connectivity index (χ1n) is 4.83. The van der Waals surface area contributed by atoms with E-state index in [4.69, 9.17) is 11.6 Å². The van der Waals surface area contributed by atoms with E-state index >= 15 is 0 Å². The van der Waals surface area contributed by atoms with Gasteiger partial charge in [-0.15, -0.1) is 0 Å². The van der Waals surface area contributed by atoms with Gasteiger partial charge in [-0.25, -0.2) is 0 Å². The zero-order chi connectivity index (χ0) is 9.84. The Morgan fingerprint density at radius 2 is 1.77 bits per heavy atom. The van der Waals surface area contributed by atoms with Crippen LogP contribution in [0.15, 0.2) is 18.2 Å². The van der Waals surface area contributed by atoms with Crippen molar-refractivity contribution in [2.24, 2.45) is 5.92 Å². The van der Waals surface area contributed by atoms with Gasteiger partial charge in [0.05, 0.1) is 0 Å². The third kappa shape index (κ3) is 3.82. The molecule has 1 aromatic carbocycles. The van der Waals surface area contributed by atoms with Crippen LogP contribution in [0, 0.1) is 19.8 Å². The quantitative estimate of drug-likeness (QED) is 0.578. The number of halogens is 1. The summed E-state index contributed by atoms with van der Waals surface area (Å²) in [7, 11) is 0. The van der Waals surface area contributed by atoms with E-state index in [9.17, 15) is 0 Å². The molecule has 0 heterocycles. The maximum Gasteiger partial charge on any atom is 0.0437 e. The zero-order valence-corrected chi connectivity index (χ0v) is 9.36. The second kappa shape index (κ2) is 4.66. The van der Waals surface area contributed by atoms with Crippen molar-refractivity contribution in [2.45, 2.75) is 33.6 Å². The molecule has 1 fully saturated rings. The number of aryl methyl sites for hydroxylation is 1. The second-order valence-corrected chi connectivity index (χ2v) is 4.27. The van der Waals surface area contributed by atoms with Crippen LogP contribution in [0.3, 0.4) is 0 Å². The molecule has 2 rings (SSSR count). The van der Waals surface area contributed by atoms with E-state index in [2.05, 4.69) is 19.9 Å². The highest BCUT2D eigenvalue weighted by molar-refractivity contribution is 6.31. The second-order valence-electron chi connectivity index (χ2n) is 3.86. The van der Waals surface area contributed by atoms with Crippen LogP contribution >= 0.6 is 11.6 Å². The molecule has 1 aromatic rings. The summed E-state index contributed by atoms with van der Waals surface area (Å²) in [5.74, 6) is 1.08. The SMILES string of the molecule is CC1CC1.Cc1cccc(Cl)c1C. The van der Waals surface area contributed by atoms with Gasteiger partial charge in [0, 0.05) is 5.02 Å². The Bertz CT molecular complexity index is 254. The molecule has 1 saturated carbocycles. The Morgan fingerprint density at radius 3 is 2.08 bits per heavy atom. The summed E-state index contributed by atoms with van der Waals surface area (Å²) >= 11 is 5.81. The first-order chi connectivity index (χ1) is 6.11. The summed E-state index contributed by atoms with van der Waals surface area (Å²) in [4.78, 5) is 0. The van der Waals surface area contributed by atoms with E-state index in [1.165, 1.54) is 24.0 Å². The van der Waals surface area contributed by atoms with Crippen molar-refractivity contribution in [2.75, 3.05) is 0 Å². The monoisotopic (exact) mass is 196 g/mol. The predicted octanol–water partition coefficient (Wildman–Crippen LogP) is 4.37. The molecule has 0 saturated heterocycles. The van der Waals surface area contributed by atoms with Crippen molar-refractivity contribution >= 4 is 11.6 Å². The summed E-state index contributed by atoms with van der Waals surface area (Å²) in [6, 6.07) is 5.93. The van der Waals surface area contributed by atoms with Crippen molar-refractivity contribution in [3.05, 3.63) is 34.3 Å². The van der Waals surface area contributed by atoms with Gasteiger partial charge >= 0.3 is 0 Å². The highest BCUT2D eigenvalue weighted by Crippen LogP contribution is 2.26. The zero-order valence-electron chi connectivity index (χ0n) is 8.60. The maximum absolute atomic E-state index is 5.81. The third-order valence-electron chi connectivity index (χ3n) is 2.40. The Labute approximate surface area is 85.9 Å². The lowest BCUT2D eigenvalue weighted by atomic mass is 10.1. The van der Waals surface area contributed by atoms with Gasteiger partial charge in [0.2, 0.25) is 0 Å². The fourth-order valence-electron chi connectivity index (χ4n) is 0.882. The van der Waals surface area contributed by atoms with Crippen LogP contribution in [-0.4, -0.2) is 0 Å². The van der Waals surface area contributed by atoms with Crippen LogP contribution in [0.2, 0.25) is 5.02 Å². The lowest BCUT2D eigenvalue weighted by Gasteiger charge is -1.98. The van der Waals surface area contributed by atoms with Gasteiger partial charge in [-0.1, -0.05) is 43.5 Å². The Balaban J connectivity index is 0.000000175. The molecule has 1 heteroatoms. The molecule has 0 aromatic heterocycles. The Morgan fingerprint density at radius 1 is 1.23 bits per heavy atom. The van der Waals surface area contributed by atoms with Gasteiger partial charge in [-0.3, -0.25) is 0 Å². The molecule has 0 spiro atoms. The van der Waals surface area contributed by atoms with Crippen molar-refractivity contribution in [1.82, 2.24) is 0 Å². The van der Waals surface area contributed by atoms with Crippen molar-refractivity contribution in [3.63, 3.8) is 0 Å². The molecule has 0 radical (unpaired) electrons. The Kier molecular flexibility index (Phi) is 3.80. The fourth-order valence-corrected chi connectivity index (χ4v) is 1.10. The normalized spacial score (nSPS) is 14.8. The molecular weight excluding hydrogens is 180 g/mol. The van der Waals surface area contributed by atoms with E-state index in [-0.39, 0.29) is 0 Å². The lowest BCUT2D eigenvalue weighted by Crippen LogP contribution is -1.78. The first kappa shape index (κ1) is 10.6. The molecule has 0 nitrogen and oxygen atoms in total. The van der Waals surface area contributed by atoms with Crippen molar-refractivity contribution in [1.29, 1.82) is 0 Å². The van der Waals surface area contributed by atoms with Crippen molar-refractivity contribution < 1.29 is 0 Å². The molecule has 13 heavy (non-hydrogen) atoms. The van der Waals surface area contributed by atoms with Crippen LogP contribution in [-0.2, 0) is 0 Å². The van der Waals surface area contributed by atoms with Crippen LogP contribution in [0.1, 0.15) is 30.9 Å². The summed E-state index contributed by atoms with van der Waals surface area (Å²) in [6.07, 6.45) is 2.97. The molecule has 72 valence electrons. The van der Waals surface area contributed by atoms with E-state index < -0.39 is 0 Å². The predicted molar refractivity (Wildman–Crippen MR) is 59.3 cm³/mol. The maximum atomic E-state index is 5.81. The molecule has 0 bridgehead atoms. The van der Waals surface area contributed by atoms with Crippen molar-refractivity contribution in [3.8, 4) is 0 Å². The number of benzene rings is 1. The minimum atomic E-state index is 0.856. The average molecular weight is 197 g/mol. The highest BCUT2D eigenvalue weighted by atomic mass is 35.5. The molecular formula is C12H17Cl. The smallest absolute Gasteiger partial charge is 0.0437 e. The van der Waals surface area contributed by atoms with Gasteiger partial charge in [0.1, 0.15) is 0 Å². The first-order valence-corrected chi connectivity index (χ1v) is 5.20. The van der Waals surface area contributed by atoms with Crippen LogP contribution in [0.5, 0.6) is 0 Å².